The van der Waals surface area contributed by atoms with E-state index in [-0.39, 0.29) is 5.54 Å². The molecule has 1 unspecified atom stereocenters. The third kappa shape index (κ3) is 1.46. The second-order valence-electron chi connectivity index (χ2n) is 4.49. The standard InChI is InChI=1S/C12H15N3O/c1-12(7-9-3-2-6-16-9)11-10(4-5-15-12)13-8-14-11/h2-3,6,8,15H,4-5,7H2,1H3,(H,13,14). The number of aromatic nitrogens is 2. The van der Waals surface area contributed by atoms with Gasteiger partial charge in [-0.15, -0.1) is 0 Å². The molecule has 1 atom stereocenters. The van der Waals surface area contributed by atoms with Crippen LogP contribution in [0.1, 0.15) is 24.1 Å². The van der Waals surface area contributed by atoms with E-state index < -0.39 is 0 Å². The molecule has 16 heavy (non-hydrogen) atoms. The zero-order valence-electron chi connectivity index (χ0n) is 9.29. The average Bonchev–Trinajstić information content (AvgIpc) is 2.88. The van der Waals surface area contributed by atoms with E-state index in [4.69, 9.17) is 4.42 Å². The van der Waals surface area contributed by atoms with Crippen molar-refractivity contribution in [1.82, 2.24) is 15.3 Å². The van der Waals surface area contributed by atoms with Crippen LogP contribution in [0, 0.1) is 0 Å². The predicted octanol–water partition coefficient (Wildman–Crippen LogP) is 1.61. The van der Waals surface area contributed by atoms with Gasteiger partial charge in [0.2, 0.25) is 0 Å². The Kier molecular flexibility index (Phi) is 2.11. The summed E-state index contributed by atoms with van der Waals surface area (Å²) in [6.07, 6.45) is 5.34. The predicted molar refractivity (Wildman–Crippen MR) is 60.1 cm³/mol. The summed E-state index contributed by atoms with van der Waals surface area (Å²) in [6.45, 7) is 3.15. The Balaban J connectivity index is 1.95. The molecule has 0 saturated carbocycles. The number of nitrogens with zero attached hydrogens (tertiary/aromatic N) is 1. The fraction of sp³-hybridized carbons (Fsp3) is 0.417. The van der Waals surface area contributed by atoms with Crippen molar-refractivity contribution < 1.29 is 4.42 Å². The molecule has 0 aliphatic carbocycles. The summed E-state index contributed by atoms with van der Waals surface area (Å²) in [5, 5.41) is 3.53. The Morgan fingerprint density at radius 2 is 2.50 bits per heavy atom. The van der Waals surface area contributed by atoms with E-state index in [2.05, 4.69) is 22.2 Å². The van der Waals surface area contributed by atoms with Gasteiger partial charge in [-0.1, -0.05) is 0 Å². The summed E-state index contributed by atoms with van der Waals surface area (Å²) in [6, 6.07) is 3.93. The third-order valence-electron chi connectivity index (χ3n) is 3.24. The van der Waals surface area contributed by atoms with Crippen LogP contribution < -0.4 is 5.32 Å². The minimum Gasteiger partial charge on any atom is -0.469 e. The van der Waals surface area contributed by atoms with E-state index >= 15 is 0 Å². The zero-order chi connectivity index (χ0) is 11.0. The summed E-state index contributed by atoms with van der Waals surface area (Å²) >= 11 is 0. The summed E-state index contributed by atoms with van der Waals surface area (Å²) < 4.78 is 5.42. The fourth-order valence-corrected chi connectivity index (χ4v) is 2.44. The number of furan rings is 1. The smallest absolute Gasteiger partial charge is 0.105 e. The minimum atomic E-state index is -0.120. The SMILES string of the molecule is CC1(Cc2ccco2)NCCc2[nH]cnc21. The van der Waals surface area contributed by atoms with Gasteiger partial charge in [-0.05, 0) is 19.1 Å². The molecular formula is C12H15N3O. The number of aromatic amines is 1. The lowest BCUT2D eigenvalue weighted by atomic mass is 9.87. The molecule has 1 aliphatic rings. The van der Waals surface area contributed by atoms with Crippen molar-refractivity contribution in [3.8, 4) is 0 Å². The third-order valence-corrected chi connectivity index (χ3v) is 3.24. The number of fused-ring (bicyclic) bond motifs is 1. The highest BCUT2D eigenvalue weighted by molar-refractivity contribution is 5.26. The van der Waals surface area contributed by atoms with Gasteiger partial charge in [0.25, 0.3) is 0 Å². The van der Waals surface area contributed by atoms with Crippen LogP contribution in [-0.4, -0.2) is 16.5 Å². The molecule has 3 heterocycles. The summed E-state index contributed by atoms with van der Waals surface area (Å²) in [5.41, 5.74) is 2.24. The number of imidazole rings is 1. The Morgan fingerprint density at radius 1 is 1.56 bits per heavy atom. The number of H-pyrrole nitrogens is 1. The van der Waals surface area contributed by atoms with Crippen molar-refractivity contribution in [2.24, 2.45) is 0 Å². The quantitative estimate of drug-likeness (QED) is 0.803. The minimum absolute atomic E-state index is 0.120. The van der Waals surface area contributed by atoms with Gasteiger partial charge in [-0.3, -0.25) is 0 Å². The first-order chi connectivity index (χ1) is 7.78. The first kappa shape index (κ1) is 9.66. The van der Waals surface area contributed by atoms with Gasteiger partial charge in [-0.2, -0.15) is 0 Å². The second kappa shape index (κ2) is 3.49. The average molecular weight is 217 g/mol. The van der Waals surface area contributed by atoms with E-state index in [1.807, 2.05) is 12.1 Å². The maximum Gasteiger partial charge on any atom is 0.105 e. The van der Waals surface area contributed by atoms with Crippen LogP contribution in [0.25, 0.3) is 0 Å². The lowest BCUT2D eigenvalue weighted by molar-refractivity contribution is 0.310. The lowest BCUT2D eigenvalue weighted by Crippen LogP contribution is -2.46. The molecule has 0 bridgehead atoms. The highest BCUT2D eigenvalue weighted by atomic mass is 16.3. The maximum absolute atomic E-state index is 5.42. The van der Waals surface area contributed by atoms with Crippen molar-refractivity contribution in [3.05, 3.63) is 41.9 Å². The lowest BCUT2D eigenvalue weighted by Gasteiger charge is -2.33. The number of nitrogens with one attached hydrogen (secondary N) is 2. The molecule has 0 radical (unpaired) electrons. The molecule has 0 amide bonds. The molecule has 4 nitrogen and oxygen atoms in total. The monoisotopic (exact) mass is 217 g/mol. The van der Waals surface area contributed by atoms with E-state index in [0.29, 0.717) is 0 Å². The van der Waals surface area contributed by atoms with Crippen LogP contribution >= 0.6 is 0 Å². The van der Waals surface area contributed by atoms with Gasteiger partial charge in [0.15, 0.2) is 0 Å². The van der Waals surface area contributed by atoms with Gasteiger partial charge < -0.3 is 14.7 Å². The molecule has 2 aromatic rings. The largest absolute Gasteiger partial charge is 0.469 e. The molecule has 0 fully saturated rings. The van der Waals surface area contributed by atoms with Crippen molar-refractivity contribution in [2.75, 3.05) is 6.54 Å². The second-order valence-corrected chi connectivity index (χ2v) is 4.49. The molecule has 2 N–H and O–H groups in total. The maximum atomic E-state index is 5.42. The van der Waals surface area contributed by atoms with Crippen LogP contribution in [0.5, 0.6) is 0 Å². The molecule has 3 rings (SSSR count). The Morgan fingerprint density at radius 3 is 3.31 bits per heavy atom. The number of rotatable bonds is 2. The number of hydrogen-bond donors (Lipinski definition) is 2. The molecular weight excluding hydrogens is 202 g/mol. The molecule has 0 aromatic carbocycles. The highest BCUT2D eigenvalue weighted by Crippen LogP contribution is 2.29. The van der Waals surface area contributed by atoms with Gasteiger partial charge in [0.1, 0.15) is 5.76 Å². The van der Waals surface area contributed by atoms with Crippen LogP contribution in [0.3, 0.4) is 0 Å². The van der Waals surface area contributed by atoms with E-state index in [1.54, 1.807) is 12.6 Å². The van der Waals surface area contributed by atoms with E-state index in [9.17, 15) is 0 Å². The number of hydrogen-bond acceptors (Lipinski definition) is 3. The van der Waals surface area contributed by atoms with Crippen molar-refractivity contribution >= 4 is 0 Å². The normalized spacial score (nSPS) is 24.3. The van der Waals surface area contributed by atoms with Crippen LogP contribution in [0.15, 0.2) is 29.1 Å². The van der Waals surface area contributed by atoms with Gasteiger partial charge in [0, 0.05) is 25.1 Å². The summed E-state index contributed by atoms with van der Waals surface area (Å²) in [4.78, 5) is 7.64. The van der Waals surface area contributed by atoms with Gasteiger partial charge in [-0.25, -0.2) is 4.98 Å². The molecule has 84 valence electrons. The molecule has 0 saturated heterocycles. The molecule has 4 heteroatoms. The molecule has 2 aromatic heterocycles. The van der Waals surface area contributed by atoms with E-state index in [1.165, 1.54) is 5.69 Å². The first-order valence-electron chi connectivity index (χ1n) is 5.58. The highest BCUT2D eigenvalue weighted by Gasteiger charge is 2.34. The van der Waals surface area contributed by atoms with Crippen molar-refractivity contribution in [2.45, 2.75) is 25.3 Å². The van der Waals surface area contributed by atoms with E-state index in [0.717, 1.165) is 30.8 Å². The fourth-order valence-electron chi connectivity index (χ4n) is 2.44. The molecule has 0 spiro atoms. The summed E-state index contributed by atoms with van der Waals surface area (Å²) in [7, 11) is 0. The van der Waals surface area contributed by atoms with Crippen LogP contribution in [0.2, 0.25) is 0 Å². The van der Waals surface area contributed by atoms with Crippen LogP contribution in [0.4, 0.5) is 0 Å². The Bertz CT molecular complexity index is 474. The summed E-state index contributed by atoms with van der Waals surface area (Å²) in [5.74, 6) is 0.992. The first-order valence-corrected chi connectivity index (χ1v) is 5.58. The molecule has 1 aliphatic heterocycles. The van der Waals surface area contributed by atoms with Crippen molar-refractivity contribution in [3.63, 3.8) is 0 Å². The van der Waals surface area contributed by atoms with Gasteiger partial charge >= 0.3 is 0 Å². The Hall–Kier alpha value is -1.55. The Labute approximate surface area is 94.1 Å². The van der Waals surface area contributed by atoms with Crippen molar-refractivity contribution in [1.29, 1.82) is 0 Å². The topological polar surface area (TPSA) is 53.9 Å². The zero-order valence-corrected chi connectivity index (χ0v) is 9.29. The van der Waals surface area contributed by atoms with Gasteiger partial charge in [0.05, 0.1) is 23.8 Å². The van der Waals surface area contributed by atoms with Crippen LogP contribution in [-0.2, 0) is 18.4 Å².